The fourth-order valence-electron chi connectivity index (χ4n) is 2.36. The fraction of sp³-hybridized carbons (Fsp3) is 0.500. The van der Waals surface area contributed by atoms with Gasteiger partial charge in [-0.25, -0.2) is 8.78 Å². The first-order valence-electron chi connectivity index (χ1n) is 6.22. The Balaban J connectivity index is 1.98. The Labute approximate surface area is 120 Å². The van der Waals surface area contributed by atoms with E-state index in [1.807, 2.05) is 0 Å². The highest BCUT2D eigenvalue weighted by atomic mass is 35.5. The predicted molar refractivity (Wildman–Crippen MR) is 72.1 cm³/mol. The number of Topliss-reactive ketones (excluding diaryl/α,β-unsaturated/α-hetero) is 1. The Kier molecular flexibility index (Phi) is 4.46. The van der Waals surface area contributed by atoms with Gasteiger partial charge in [-0.2, -0.15) is 0 Å². The van der Waals surface area contributed by atoms with Crippen LogP contribution in [0.25, 0.3) is 0 Å². The molecule has 1 saturated carbocycles. The average molecular weight is 307 g/mol. The maximum atomic E-state index is 13.0. The number of ketones is 1. The normalized spacial score (nSPS) is 19.4. The van der Waals surface area contributed by atoms with E-state index in [0.29, 0.717) is 15.6 Å². The van der Waals surface area contributed by atoms with Crippen LogP contribution in [0.1, 0.15) is 31.2 Å². The summed E-state index contributed by atoms with van der Waals surface area (Å²) in [4.78, 5) is 12.1. The molecule has 19 heavy (non-hydrogen) atoms. The lowest BCUT2D eigenvalue weighted by atomic mass is 9.82. The number of hydrogen-bond acceptors (Lipinski definition) is 1. The minimum absolute atomic E-state index is 0.0141. The van der Waals surface area contributed by atoms with Crippen molar-refractivity contribution in [2.45, 2.75) is 38.0 Å². The predicted octanol–water partition coefficient (Wildman–Crippen LogP) is 4.93. The molecular formula is C14H14Cl2F2O. The van der Waals surface area contributed by atoms with Gasteiger partial charge in [-0.05, 0) is 30.5 Å². The lowest BCUT2D eigenvalue weighted by Crippen LogP contribution is -2.29. The fourth-order valence-corrected chi connectivity index (χ4v) is 2.83. The van der Waals surface area contributed by atoms with E-state index < -0.39 is 5.92 Å². The number of halogens is 4. The molecule has 0 heterocycles. The van der Waals surface area contributed by atoms with Gasteiger partial charge in [-0.3, -0.25) is 4.79 Å². The molecule has 104 valence electrons. The van der Waals surface area contributed by atoms with Gasteiger partial charge in [-0.15, -0.1) is 0 Å². The van der Waals surface area contributed by atoms with E-state index in [0.717, 1.165) is 0 Å². The third-order valence-electron chi connectivity index (χ3n) is 3.55. The van der Waals surface area contributed by atoms with Gasteiger partial charge in [-0.1, -0.05) is 29.3 Å². The number of rotatable bonds is 3. The van der Waals surface area contributed by atoms with Crippen LogP contribution in [0.5, 0.6) is 0 Å². The minimum Gasteiger partial charge on any atom is -0.299 e. The van der Waals surface area contributed by atoms with Gasteiger partial charge in [0, 0.05) is 35.2 Å². The van der Waals surface area contributed by atoms with Gasteiger partial charge in [0.2, 0.25) is 5.92 Å². The molecule has 1 nitrogen and oxygen atoms in total. The lowest BCUT2D eigenvalue weighted by molar-refractivity contribution is -0.126. The standard InChI is InChI=1S/C14H14Cl2F2O/c15-11-2-1-10(12(16)8-11)7-13(19)9-3-5-14(17,18)6-4-9/h1-2,8-9H,3-7H2. The van der Waals surface area contributed by atoms with Crippen molar-refractivity contribution in [2.75, 3.05) is 0 Å². The summed E-state index contributed by atoms with van der Waals surface area (Å²) in [6, 6.07) is 4.96. The van der Waals surface area contributed by atoms with Crippen molar-refractivity contribution in [3.05, 3.63) is 33.8 Å². The molecule has 1 aromatic rings. The third kappa shape index (κ3) is 3.90. The number of alkyl halides is 2. The Morgan fingerprint density at radius 1 is 1.26 bits per heavy atom. The second-order valence-corrected chi connectivity index (χ2v) is 5.85. The molecule has 0 unspecified atom stereocenters. The van der Waals surface area contributed by atoms with Gasteiger partial charge < -0.3 is 0 Å². The van der Waals surface area contributed by atoms with Crippen molar-refractivity contribution in [1.82, 2.24) is 0 Å². The zero-order valence-electron chi connectivity index (χ0n) is 10.3. The van der Waals surface area contributed by atoms with Crippen molar-refractivity contribution >= 4 is 29.0 Å². The van der Waals surface area contributed by atoms with Crippen LogP contribution in [-0.2, 0) is 11.2 Å². The van der Waals surface area contributed by atoms with Gasteiger partial charge in [0.05, 0.1) is 0 Å². The third-order valence-corrected chi connectivity index (χ3v) is 4.14. The topological polar surface area (TPSA) is 17.1 Å². The highest BCUT2D eigenvalue weighted by Crippen LogP contribution is 2.37. The molecule has 0 spiro atoms. The summed E-state index contributed by atoms with van der Waals surface area (Å²) in [7, 11) is 0. The van der Waals surface area contributed by atoms with Crippen LogP contribution in [0.2, 0.25) is 10.0 Å². The molecule has 1 aliphatic carbocycles. The molecule has 1 aliphatic rings. The highest BCUT2D eigenvalue weighted by molar-refractivity contribution is 6.35. The van der Waals surface area contributed by atoms with E-state index in [2.05, 4.69) is 0 Å². The first kappa shape index (κ1) is 14.7. The van der Waals surface area contributed by atoms with E-state index in [-0.39, 0.29) is 43.8 Å². The van der Waals surface area contributed by atoms with Crippen LogP contribution in [0.4, 0.5) is 8.78 Å². The number of carbonyl (C=O) groups excluding carboxylic acids is 1. The maximum absolute atomic E-state index is 13.0. The van der Waals surface area contributed by atoms with E-state index in [1.54, 1.807) is 18.2 Å². The monoisotopic (exact) mass is 306 g/mol. The molecular weight excluding hydrogens is 293 g/mol. The zero-order valence-corrected chi connectivity index (χ0v) is 11.8. The van der Waals surface area contributed by atoms with Gasteiger partial charge in [0.1, 0.15) is 5.78 Å². The summed E-state index contributed by atoms with van der Waals surface area (Å²) >= 11 is 11.8. The summed E-state index contributed by atoms with van der Waals surface area (Å²) in [6.45, 7) is 0. The smallest absolute Gasteiger partial charge is 0.248 e. The molecule has 0 aromatic heterocycles. The maximum Gasteiger partial charge on any atom is 0.248 e. The summed E-state index contributed by atoms with van der Waals surface area (Å²) in [5.41, 5.74) is 0.702. The molecule has 0 saturated heterocycles. The van der Waals surface area contributed by atoms with Crippen molar-refractivity contribution < 1.29 is 13.6 Å². The summed E-state index contributed by atoms with van der Waals surface area (Å²) in [5, 5.41) is 0.959. The largest absolute Gasteiger partial charge is 0.299 e. The average Bonchev–Trinajstić information content (AvgIpc) is 2.32. The van der Waals surface area contributed by atoms with Crippen LogP contribution in [-0.4, -0.2) is 11.7 Å². The molecule has 5 heteroatoms. The SMILES string of the molecule is O=C(Cc1ccc(Cl)cc1Cl)C1CCC(F)(F)CC1. The molecule has 2 rings (SSSR count). The Morgan fingerprint density at radius 2 is 1.89 bits per heavy atom. The van der Waals surface area contributed by atoms with E-state index >= 15 is 0 Å². The van der Waals surface area contributed by atoms with Gasteiger partial charge in [0.25, 0.3) is 0 Å². The second-order valence-electron chi connectivity index (χ2n) is 5.01. The molecule has 0 bridgehead atoms. The quantitative estimate of drug-likeness (QED) is 0.774. The first-order valence-corrected chi connectivity index (χ1v) is 6.97. The number of benzene rings is 1. The van der Waals surface area contributed by atoms with Crippen LogP contribution in [0.15, 0.2) is 18.2 Å². The Bertz CT molecular complexity index is 478. The van der Waals surface area contributed by atoms with Crippen molar-refractivity contribution in [3.8, 4) is 0 Å². The molecule has 1 fully saturated rings. The van der Waals surface area contributed by atoms with Gasteiger partial charge >= 0.3 is 0 Å². The van der Waals surface area contributed by atoms with Crippen LogP contribution in [0.3, 0.4) is 0 Å². The van der Waals surface area contributed by atoms with Crippen molar-refractivity contribution in [2.24, 2.45) is 5.92 Å². The minimum atomic E-state index is -2.60. The molecule has 0 N–H and O–H groups in total. The summed E-state index contributed by atoms with van der Waals surface area (Å²) < 4.78 is 26.1. The molecule has 0 radical (unpaired) electrons. The Hall–Kier alpha value is -0.670. The molecule has 0 atom stereocenters. The van der Waals surface area contributed by atoms with Crippen LogP contribution >= 0.6 is 23.2 Å². The Morgan fingerprint density at radius 3 is 2.47 bits per heavy atom. The lowest BCUT2D eigenvalue weighted by Gasteiger charge is -2.27. The summed E-state index contributed by atoms with van der Waals surface area (Å²) in [5.74, 6) is -2.89. The number of carbonyl (C=O) groups is 1. The van der Waals surface area contributed by atoms with Crippen molar-refractivity contribution in [1.29, 1.82) is 0 Å². The van der Waals surface area contributed by atoms with E-state index in [9.17, 15) is 13.6 Å². The molecule has 0 amide bonds. The summed E-state index contributed by atoms with van der Waals surface area (Å²) in [6.07, 6.45) is 0.315. The van der Waals surface area contributed by atoms with Crippen molar-refractivity contribution in [3.63, 3.8) is 0 Å². The number of hydrogen-bond donors (Lipinski definition) is 0. The zero-order chi connectivity index (χ0) is 14.0. The van der Waals surface area contributed by atoms with Crippen LogP contribution < -0.4 is 0 Å². The van der Waals surface area contributed by atoms with Crippen LogP contribution in [0, 0.1) is 5.92 Å². The molecule has 0 aliphatic heterocycles. The van der Waals surface area contributed by atoms with E-state index in [4.69, 9.17) is 23.2 Å². The molecule has 1 aromatic carbocycles. The second kappa shape index (κ2) is 5.76. The van der Waals surface area contributed by atoms with Gasteiger partial charge in [0.15, 0.2) is 0 Å². The van der Waals surface area contributed by atoms with E-state index in [1.165, 1.54) is 0 Å². The highest BCUT2D eigenvalue weighted by Gasteiger charge is 2.37. The first-order chi connectivity index (χ1) is 8.87.